The number of aromatic nitrogens is 4. The largest absolute Gasteiger partial charge is 0.497 e. The normalized spacial score (nSPS) is 26.7. The third-order valence-corrected chi connectivity index (χ3v) is 4.78. The van der Waals surface area contributed by atoms with Crippen molar-refractivity contribution in [1.29, 1.82) is 0 Å². The first-order valence-corrected chi connectivity index (χ1v) is 8.65. The van der Waals surface area contributed by atoms with Crippen molar-refractivity contribution < 1.29 is 23.7 Å². The summed E-state index contributed by atoms with van der Waals surface area (Å²) in [4.78, 5) is 11.8. The van der Waals surface area contributed by atoms with Gasteiger partial charge in [-0.1, -0.05) is 12.1 Å². The van der Waals surface area contributed by atoms with Crippen molar-refractivity contribution in [1.82, 2.24) is 25.5 Å². The molecule has 27 heavy (non-hydrogen) atoms. The van der Waals surface area contributed by atoms with Gasteiger partial charge in [0.2, 0.25) is 5.91 Å². The summed E-state index contributed by atoms with van der Waals surface area (Å²) in [6.07, 6.45) is -0.496. The summed E-state index contributed by atoms with van der Waals surface area (Å²) in [5.41, 5.74) is 0.839. The number of benzene rings is 1. The number of carbonyl (C=O) groups is 1. The lowest BCUT2D eigenvalue weighted by Crippen LogP contribution is -2.45. The van der Waals surface area contributed by atoms with Crippen molar-refractivity contribution in [2.24, 2.45) is 0 Å². The Labute approximate surface area is 155 Å². The number of nitrogens with one attached hydrogen (secondary N) is 1. The average molecular weight is 375 g/mol. The van der Waals surface area contributed by atoms with Crippen LogP contribution in [0.4, 0.5) is 0 Å². The number of fused-ring (bicyclic) bond motifs is 1. The quantitative estimate of drug-likeness (QED) is 0.740. The molecular formula is C17H21N5O5. The Balaban J connectivity index is 1.53. The van der Waals surface area contributed by atoms with E-state index in [0.29, 0.717) is 19.0 Å². The van der Waals surface area contributed by atoms with E-state index in [2.05, 4.69) is 20.8 Å². The Kier molecular flexibility index (Phi) is 5.01. The van der Waals surface area contributed by atoms with Gasteiger partial charge in [0.1, 0.15) is 30.6 Å². The van der Waals surface area contributed by atoms with Crippen LogP contribution in [-0.2, 0) is 19.0 Å². The van der Waals surface area contributed by atoms with Crippen molar-refractivity contribution in [2.45, 2.75) is 24.3 Å². The number of tetrazole rings is 1. The van der Waals surface area contributed by atoms with E-state index in [0.717, 1.165) is 11.3 Å². The molecule has 2 aliphatic heterocycles. The fourth-order valence-electron chi connectivity index (χ4n) is 3.56. The van der Waals surface area contributed by atoms with E-state index in [1.54, 1.807) is 11.8 Å². The van der Waals surface area contributed by atoms with Crippen LogP contribution in [0.25, 0.3) is 11.4 Å². The van der Waals surface area contributed by atoms with Gasteiger partial charge in [0.15, 0.2) is 5.82 Å². The fourth-order valence-corrected chi connectivity index (χ4v) is 3.56. The number of hydrogen-bond acceptors (Lipinski definition) is 8. The summed E-state index contributed by atoms with van der Waals surface area (Å²) in [6, 6.07) is 7.13. The second-order valence-electron chi connectivity index (χ2n) is 6.45. The van der Waals surface area contributed by atoms with Crippen molar-refractivity contribution in [3.8, 4) is 17.1 Å². The minimum absolute atomic E-state index is 0.00427. The number of amides is 1. The summed E-state index contributed by atoms with van der Waals surface area (Å²) < 4.78 is 23.7. The molecule has 0 unspecified atom stereocenters. The van der Waals surface area contributed by atoms with Crippen LogP contribution < -0.4 is 10.1 Å². The predicted molar refractivity (Wildman–Crippen MR) is 92.1 cm³/mol. The van der Waals surface area contributed by atoms with E-state index >= 15 is 0 Å². The van der Waals surface area contributed by atoms with E-state index in [1.165, 1.54) is 7.11 Å². The lowest BCUT2D eigenvalue weighted by atomic mass is 10.1. The lowest BCUT2D eigenvalue weighted by Gasteiger charge is -2.18. The molecule has 1 N–H and O–H groups in total. The van der Waals surface area contributed by atoms with Crippen molar-refractivity contribution in [2.75, 3.05) is 34.0 Å². The highest BCUT2D eigenvalue weighted by atomic mass is 16.6. The van der Waals surface area contributed by atoms with Crippen LogP contribution in [0, 0.1) is 0 Å². The molecule has 2 fully saturated rings. The van der Waals surface area contributed by atoms with Gasteiger partial charge >= 0.3 is 0 Å². The van der Waals surface area contributed by atoms with Crippen molar-refractivity contribution in [3.05, 3.63) is 24.3 Å². The molecule has 144 valence electrons. The van der Waals surface area contributed by atoms with Gasteiger partial charge in [0.05, 0.1) is 26.4 Å². The van der Waals surface area contributed by atoms with E-state index in [1.807, 2.05) is 24.3 Å². The monoisotopic (exact) mass is 375 g/mol. The molecule has 0 spiro atoms. The topological polar surface area (TPSA) is 110 Å². The van der Waals surface area contributed by atoms with E-state index in [-0.39, 0.29) is 36.8 Å². The number of hydrogen-bond donors (Lipinski definition) is 1. The van der Waals surface area contributed by atoms with Gasteiger partial charge in [-0.05, 0) is 22.6 Å². The number of rotatable bonds is 6. The zero-order valence-corrected chi connectivity index (χ0v) is 15.1. The highest BCUT2D eigenvalue weighted by molar-refractivity contribution is 5.77. The second-order valence-corrected chi connectivity index (χ2v) is 6.45. The first-order chi connectivity index (χ1) is 13.2. The molecule has 0 radical (unpaired) electrons. The Morgan fingerprint density at radius 1 is 1.30 bits per heavy atom. The number of nitrogens with zero attached hydrogens (tertiary/aromatic N) is 4. The first kappa shape index (κ1) is 17.8. The van der Waals surface area contributed by atoms with Crippen LogP contribution in [-0.4, -0.2) is 78.4 Å². The zero-order valence-electron chi connectivity index (χ0n) is 15.1. The van der Waals surface area contributed by atoms with Crippen LogP contribution in [0.5, 0.6) is 5.75 Å². The van der Waals surface area contributed by atoms with Crippen LogP contribution >= 0.6 is 0 Å². The number of carbonyl (C=O) groups excluding carboxylic acids is 1. The predicted octanol–water partition coefficient (Wildman–Crippen LogP) is -0.181. The Bertz CT molecular complexity index is 813. The van der Waals surface area contributed by atoms with E-state index in [4.69, 9.17) is 18.9 Å². The summed E-state index contributed by atoms with van der Waals surface area (Å²) in [6.45, 7) is 0.774. The Hall–Kier alpha value is -2.56. The Morgan fingerprint density at radius 2 is 2.15 bits per heavy atom. The SMILES string of the molecule is COCC(=O)N[C@@H]1CO[C@@H]2[C@@H]1OC[C@@H]2n1nnnc1-c1cccc(OC)c1. The molecule has 0 aliphatic carbocycles. The van der Waals surface area contributed by atoms with Crippen LogP contribution in [0.3, 0.4) is 0 Å². The van der Waals surface area contributed by atoms with E-state index < -0.39 is 0 Å². The van der Waals surface area contributed by atoms with Crippen molar-refractivity contribution >= 4 is 5.91 Å². The van der Waals surface area contributed by atoms with Crippen LogP contribution in [0.1, 0.15) is 6.04 Å². The Morgan fingerprint density at radius 3 is 2.96 bits per heavy atom. The maximum atomic E-state index is 11.8. The van der Waals surface area contributed by atoms with Gasteiger partial charge < -0.3 is 24.3 Å². The average Bonchev–Trinajstić information content (AvgIpc) is 3.39. The van der Waals surface area contributed by atoms with Gasteiger partial charge in [0, 0.05) is 12.7 Å². The summed E-state index contributed by atoms with van der Waals surface area (Å²) in [5.74, 6) is 1.14. The molecule has 2 saturated heterocycles. The fraction of sp³-hybridized carbons (Fsp3) is 0.529. The zero-order chi connectivity index (χ0) is 18.8. The first-order valence-electron chi connectivity index (χ1n) is 8.65. The van der Waals surface area contributed by atoms with Crippen LogP contribution in [0.15, 0.2) is 24.3 Å². The van der Waals surface area contributed by atoms with Crippen LogP contribution in [0.2, 0.25) is 0 Å². The highest BCUT2D eigenvalue weighted by Gasteiger charge is 2.50. The van der Waals surface area contributed by atoms with Gasteiger partial charge in [-0.3, -0.25) is 4.79 Å². The number of methoxy groups -OCH3 is 2. The molecule has 4 rings (SSSR count). The third-order valence-electron chi connectivity index (χ3n) is 4.78. The molecule has 10 heteroatoms. The van der Waals surface area contributed by atoms with Gasteiger partial charge in [-0.25, -0.2) is 4.68 Å². The van der Waals surface area contributed by atoms with Gasteiger partial charge in [-0.15, -0.1) is 5.10 Å². The lowest BCUT2D eigenvalue weighted by molar-refractivity contribution is -0.126. The molecule has 10 nitrogen and oxygen atoms in total. The standard InChI is InChI=1S/C17H21N5O5/c1-24-9-14(23)18-12-7-26-16-13(8-27-15(12)16)22-17(19-20-21-22)10-4-3-5-11(6-10)25-2/h3-6,12-13,15-16H,7-9H2,1-2H3,(H,18,23)/t12-,13+,15-,16+/m1/s1. The molecule has 4 atom stereocenters. The maximum Gasteiger partial charge on any atom is 0.246 e. The van der Waals surface area contributed by atoms with Crippen molar-refractivity contribution in [3.63, 3.8) is 0 Å². The minimum atomic E-state index is -0.252. The summed E-state index contributed by atoms with van der Waals surface area (Å²) >= 11 is 0. The minimum Gasteiger partial charge on any atom is -0.497 e. The molecule has 1 aromatic carbocycles. The number of ether oxygens (including phenoxy) is 4. The molecule has 1 amide bonds. The molecular weight excluding hydrogens is 354 g/mol. The maximum absolute atomic E-state index is 11.8. The summed E-state index contributed by atoms with van der Waals surface area (Å²) in [7, 11) is 3.09. The second kappa shape index (κ2) is 7.59. The highest BCUT2D eigenvalue weighted by Crippen LogP contribution is 2.36. The van der Waals surface area contributed by atoms with Gasteiger partial charge in [-0.2, -0.15) is 0 Å². The smallest absolute Gasteiger partial charge is 0.246 e. The molecule has 2 aromatic rings. The molecule has 0 saturated carbocycles. The molecule has 2 aliphatic rings. The molecule has 3 heterocycles. The third kappa shape index (κ3) is 3.38. The van der Waals surface area contributed by atoms with E-state index in [9.17, 15) is 4.79 Å². The molecule has 0 bridgehead atoms. The summed E-state index contributed by atoms with van der Waals surface area (Å²) in [5, 5.41) is 15.0. The van der Waals surface area contributed by atoms with Gasteiger partial charge in [0.25, 0.3) is 0 Å². The molecule has 1 aromatic heterocycles.